The number of aliphatic hydroxyl groups is 1. The van der Waals surface area contributed by atoms with Gasteiger partial charge < -0.3 is 19.9 Å². The molecule has 2 N–H and O–H groups in total. The summed E-state index contributed by atoms with van der Waals surface area (Å²) in [4.78, 5) is 27.6. The van der Waals surface area contributed by atoms with E-state index in [2.05, 4.69) is 15.4 Å². The second-order valence-corrected chi connectivity index (χ2v) is 13.5. The summed E-state index contributed by atoms with van der Waals surface area (Å²) >= 11 is 4.56. The van der Waals surface area contributed by atoms with Gasteiger partial charge >= 0.3 is 0 Å². The summed E-state index contributed by atoms with van der Waals surface area (Å²) in [6.07, 6.45) is 1.89. The summed E-state index contributed by atoms with van der Waals surface area (Å²) in [5.74, 6) is 1.14. The largest absolute Gasteiger partial charge is 0.497 e. The van der Waals surface area contributed by atoms with Crippen molar-refractivity contribution >= 4 is 55.1 Å². The molecule has 0 saturated heterocycles. The maximum absolute atomic E-state index is 12.5. The van der Waals surface area contributed by atoms with Gasteiger partial charge in [-0.15, -0.1) is 22.7 Å². The molecule has 10 nitrogen and oxygen atoms in total. The molecule has 0 aliphatic rings. The number of hydrogen-bond donors (Lipinski definition) is 2. The average Bonchev–Trinajstić information content (AvgIpc) is 3.77. The van der Waals surface area contributed by atoms with Gasteiger partial charge in [-0.1, -0.05) is 37.3 Å². The molecule has 0 radical (unpaired) electrons. The van der Waals surface area contributed by atoms with E-state index in [1.807, 2.05) is 56.6 Å². The number of aliphatic hydroxyl groups excluding tert-OH is 1. The fraction of sp³-hybridized carbons (Fsp3) is 0.276. The highest BCUT2D eigenvalue weighted by Gasteiger charge is 2.19. The summed E-state index contributed by atoms with van der Waals surface area (Å²) in [5, 5.41) is 21.3. The Labute approximate surface area is 253 Å². The Kier molecular flexibility index (Phi) is 7.66. The van der Waals surface area contributed by atoms with Crippen LogP contribution in [0.4, 0.5) is 0 Å². The summed E-state index contributed by atoms with van der Waals surface area (Å²) in [7, 11) is 1.62. The molecule has 216 valence electrons. The highest BCUT2D eigenvalue weighted by molar-refractivity contribution is 7.22. The SMILES string of the molecule is COc1cc(OCc2csc(-c3ccc(C(=O)NCC(C)(C)CO)cc3)n2)c2sc(-c3cn4nc(C)sc4n3)nc2c1. The van der Waals surface area contributed by atoms with Crippen molar-refractivity contribution < 1.29 is 19.4 Å². The molecule has 4 aromatic heterocycles. The molecule has 0 aliphatic carbocycles. The monoisotopic (exact) mass is 620 g/mol. The minimum atomic E-state index is -0.373. The van der Waals surface area contributed by atoms with Crippen LogP contribution in [0.1, 0.15) is 34.9 Å². The number of aromatic nitrogens is 5. The van der Waals surface area contributed by atoms with Gasteiger partial charge in [-0.05, 0) is 19.1 Å². The first-order chi connectivity index (χ1) is 20.2. The molecular weight excluding hydrogens is 593 g/mol. The summed E-state index contributed by atoms with van der Waals surface area (Å²) in [6.45, 7) is 6.41. The van der Waals surface area contributed by atoms with Crippen molar-refractivity contribution in [1.82, 2.24) is 29.9 Å². The summed E-state index contributed by atoms with van der Waals surface area (Å²) in [6, 6.07) is 11.1. The number of rotatable bonds is 10. The van der Waals surface area contributed by atoms with Gasteiger partial charge in [0.1, 0.15) is 38.8 Å². The number of carbonyl (C=O) groups excluding carboxylic acids is 1. The zero-order valence-corrected chi connectivity index (χ0v) is 25.8. The van der Waals surface area contributed by atoms with Gasteiger partial charge in [-0.25, -0.2) is 19.5 Å². The molecule has 0 spiro atoms. The van der Waals surface area contributed by atoms with E-state index in [9.17, 15) is 9.90 Å². The van der Waals surface area contributed by atoms with E-state index in [0.717, 1.165) is 47.2 Å². The Balaban J connectivity index is 1.16. The van der Waals surface area contributed by atoms with E-state index in [0.29, 0.717) is 23.6 Å². The number of methoxy groups -OCH3 is 1. The van der Waals surface area contributed by atoms with Gasteiger partial charge in [-0.3, -0.25) is 4.79 Å². The van der Waals surface area contributed by atoms with Gasteiger partial charge in [0.2, 0.25) is 4.96 Å². The highest BCUT2D eigenvalue weighted by atomic mass is 32.1. The van der Waals surface area contributed by atoms with Crippen molar-refractivity contribution in [3.63, 3.8) is 0 Å². The number of nitrogens with zero attached hydrogens (tertiary/aromatic N) is 5. The zero-order chi connectivity index (χ0) is 29.4. The van der Waals surface area contributed by atoms with E-state index < -0.39 is 0 Å². The number of thiazole rings is 2. The van der Waals surface area contributed by atoms with Crippen LogP contribution < -0.4 is 14.8 Å². The normalized spacial score (nSPS) is 11.8. The molecule has 42 heavy (non-hydrogen) atoms. The van der Waals surface area contributed by atoms with Crippen LogP contribution in [0.2, 0.25) is 0 Å². The van der Waals surface area contributed by atoms with Crippen LogP contribution in [-0.2, 0) is 6.61 Å². The quantitative estimate of drug-likeness (QED) is 0.196. The second kappa shape index (κ2) is 11.4. The number of ether oxygens (including phenoxy) is 2. The first kappa shape index (κ1) is 28.2. The van der Waals surface area contributed by atoms with Crippen LogP contribution in [0.25, 0.3) is 36.5 Å². The van der Waals surface area contributed by atoms with E-state index >= 15 is 0 Å². The second-order valence-electron chi connectivity index (χ2n) is 10.5. The number of amides is 1. The predicted octanol–water partition coefficient (Wildman–Crippen LogP) is 5.84. The Hall–Kier alpha value is -3.91. The molecule has 0 unspecified atom stereocenters. The number of hydrogen-bond acceptors (Lipinski definition) is 11. The smallest absolute Gasteiger partial charge is 0.251 e. The van der Waals surface area contributed by atoms with Crippen LogP contribution in [0, 0.1) is 12.3 Å². The van der Waals surface area contributed by atoms with E-state index in [1.165, 1.54) is 34.0 Å². The molecule has 0 bridgehead atoms. The lowest BCUT2D eigenvalue weighted by atomic mass is 9.95. The minimum Gasteiger partial charge on any atom is -0.497 e. The van der Waals surface area contributed by atoms with Crippen LogP contribution in [0.5, 0.6) is 11.5 Å². The molecule has 4 heterocycles. The van der Waals surface area contributed by atoms with Crippen LogP contribution in [0.15, 0.2) is 48.0 Å². The third-order valence-corrected chi connectivity index (χ3v) is 9.39. The fourth-order valence-corrected chi connectivity index (χ4v) is 6.62. The maximum atomic E-state index is 12.5. The van der Waals surface area contributed by atoms with Crippen molar-refractivity contribution in [2.75, 3.05) is 20.3 Å². The van der Waals surface area contributed by atoms with Crippen LogP contribution in [0.3, 0.4) is 0 Å². The lowest BCUT2D eigenvalue weighted by molar-refractivity contribution is 0.0911. The maximum Gasteiger partial charge on any atom is 0.251 e. The Morgan fingerprint density at radius 3 is 2.64 bits per heavy atom. The first-order valence-corrected chi connectivity index (χ1v) is 15.6. The van der Waals surface area contributed by atoms with Crippen LogP contribution >= 0.6 is 34.0 Å². The van der Waals surface area contributed by atoms with E-state index in [-0.39, 0.29) is 24.5 Å². The molecule has 0 aliphatic heterocycles. The summed E-state index contributed by atoms with van der Waals surface area (Å²) < 4.78 is 14.4. The molecule has 0 atom stereocenters. The molecule has 6 aromatic rings. The minimum absolute atomic E-state index is 0.00177. The first-order valence-electron chi connectivity index (χ1n) is 13.1. The average molecular weight is 621 g/mol. The number of aryl methyl sites for hydroxylation is 1. The predicted molar refractivity (Wildman–Crippen MR) is 166 cm³/mol. The Bertz CT molecular complexity index is 1860. The number of benzene rings is 2. The van der Waals surface area contributed by atoms with Crippen molar-refractivity contribution in [3.8, 4) is 32.8 Å². The van der Waals surface area contributed by atoms with Gasteiger partial charge in [0.25, 0.3) is 5.91 Å². The van der Waals surface area contributed by atoms with Crippen LogP contribution in [-0.4, -0.2) is 55.8 Å². The highest BCUT2D eigenvalue weighted by Crippen LogP contribution is 2.39. The van der Waals surface area contributed by atoms with Gasteiger partial charge in [-0.2, -0.15) is 5.10 Å². The summed E-state index contributed by atoms with van der Waals surface area (Å²) in [5.41, 5.74) is 3.43. The Morgan fingerprint density at radius 1 is 1.10 bits per heavy atom. The van der Waals surface area contributed by atoms with E-state index in [1.54, 1.807) is 23.8 Å². The topological polar surface area (TPSA) is 124 Å². The molecule has 1 amide bonds. The van der Waals surface area contributed by atoms with Crippen molar-refractivity contribution in [2.24, 2.45) is 5.41 Å². The van der Waals surface area contributed by atoms with Gasteiger partial charge in [0.15, 0.2) is 0 Å². The molecular formula is C29H28N6O4S3. The number of carbonyl (C=O) groups is 1. The molecule has 2 aromatic carbocycles. The van der Waals surface area contributed by atoms with Gasteiger partial charge in [0, 0.05) is 47.2 Å². The third-order valence-electron chi connectivity index (χ3n) is 6.51. The fourth-order valence-electron chi connectivity index (χ4n) is 4.11. The van der Waals surface area contributed by atoms with Crippen molar-refractivity contribution in [2.45, 2.75) is 27.4 Å². The molecule has 6 rings (SSSR count). The lowest BCUT2D eigenvalue weighted by Crippen LogP contribution is -2.36. The van der Waals surface area contributed by atoms with Gasteiger partial charge in [0.05, 0.1) is 29.2 Å². The number of fused-ring (bicyclic) bond motifs is 2. The van der Waals surface area contributed by atoms with E-state index in [4.69, 9.17) is 19.4 Å². The number of imidazole rings is 1. The van der Waals surface area contributed by atoms with Crippen molar-refractivity contribution in [1.29, 1.82) is 0 Å². The Morgan fingerprint density at radius 2 is 1.90 bits per heavy atom. The standard InChI is InChI=1S/C29H28N6O4S3/c1-16-34-35-11-22(33-28(35)41-16)27-32-21-9-20(38-4)10-23(24(21)42-27)39-12-19-13-40-26(31-19)18-7-5-17(6-8-18)25(37)30-14-29(2,3)15-36/h5-11,13,36H,12,14-15H2,1-4H3,(H,30,37). The number of nitrogens with one attached hydrogen (secondary N) is 1. The molecule has 0 fully saturated rings. The third kappa shape index (κ3) is 5.86. The van der Waals surface area contributed by atoms with Crippen molar-refractivity contribution in [3.05, 3.63) is 64.2 Å². The molecule has 0 saturated carbocycles. The zero-order valence-electron chi connectivity index (χ0n) is 23.4. The lowest BCUT2D eigenvalue weighted by Gasteiger charge is -2.21. The molecule has 13 heteroatoms.